The zero-order chi connectivity index (χ0) is 24.6. The number of methoxy groups -OCH3 is 1. The normalized spacial score (nSPS) is 11.8. The van der Waals surface area contributed by atoms with E-state index >= 15 is 0 Å². The van der Waals surface area contributed by atoms with Crippen LogP contribution in [0, 0.1) is 0 Å². The van der Waals surface area contributed by atoms with E-state index in [2.05, 4.69) is 5.32 Å². The number of rotatable bonds is 9. The second kappa shape index (κ2) is 11.4. The Balaban J connectivity index is 2.23. The van der Waals surface area contributed by atoms with E-state index < -0.39 is 23.6 Å². The molecule has 0 aliphatic rings. The van der Waals surface area contributed by atoms with Gasteiger partial charge in [0.25, 0.3) is 5.91 Å². The Labute approximate surface area is 190 Å². The van der Waals surface area contributed by atoms with Crippen molar-refractivity contribution in [1.29, 1.82) is 0 Å². The molecule has 0 aromatic heterocycles. The lowest BCUT2D eigenvalue weighted by atomic mass is 10.1. The molecule has 2 aromatic rings. The Morgan fingerprint density at radius 2 is 1.76 bits per heavy atom. The van der Waals surface area contributed by atoms with Gasteiger partial charge in [-0.05, 0) is 62.2 Å². The molecule has 0 fully saturated rings. The Hall–Kier alpha value is -3.49. The molecule has 0 saturated carbocycles. The van der Waals surface area contributed by atoms with Crippen LogP contribution in [0.4, 0.5) is 13.2 Å². The summed E-state index contributed by atoms with van der Waals surface area (Å²) in [5.41, 5.74) is 0.422. The van der Waals surface area contributed by atoms with E-state index in [0.29, 0.717) is 16.9 Å². The molecular weight excluding hydrogens is 439 g/mol. The maximum Gasteiger partial charge on any atom is 0.416 e. The summed E-state index contributed by atoms with van der Waals surface area (Å²) in [7, 11) is 1.41. The SMILES string of the molecule is CCOC(=O)C(=Cc1ccc(OC)c(C(=O)NCc2ccc(C(F)(F)F)cc2)c1)OC(C)C. The number of amides is 1. The van der Waals surface area contributed by atoms with Crippen LogP contribution >= 0.6 is 0 Å². The summed E-state index contributed by atoms with van der Waals surface area (Å²) < 4.78 is 53.9. The van der Waals surface area contributed by atoms with Crippen LogP contribution < -0.4 is 10.1 Å². The smallest absolute Gasteiger partial charge is 0.416 e. The average Bonchev–Trinajstić information content (AvgIpc) is 2.76. The second-order valence-corrected chi connectivity index (χ2v) is 7.23. The first-order chi connectivity index (χ1) is 15.5. The molecule has 9 heteroatoms. The van der Waals surface area contributed by atoms with Crippen LogP contribution in [0.2, 0.25) is 0 Å². The van der Waals surface area contributed by atoms with Gasteiger partial charge in [0.15, 0.2) is 0 Å². The zero-order valence-corrected chi connectivity index (χ0v) is 18.8. The number of hydrogen-bond acceptors (Lipinski definition) is 5. The van der Waals surface area contributed by atoms with Crippen molar-refractivity contribution < 1.29 is 37.0 Å². The summed E-state index contributed by atoms with van der Waals surface area (Å²) in [5, 5.41) is 2.66. The standard InChI is InChI=1S/C24H26F3NO5/c1-5-32-23(30)21(33-15(2)3)13-17-8-11-20(31-4)19(12-17)22(29)28-14-16-6-9-18(10-7-16)24(25,26)27/h6-13,15H,5,14H2,1-4H3,(H,28,29). The van der Waals surface area contributed by atoms with E-state index in [4.69, 9.17) is 14.2 Å². The molecule has 0 aliphatic heterocycles. The molecule has 2 rings (SSSR count). The van der Waals surface area contributed by atoms with Crippen LogP contribution in [0.1, 0.15) is 47.8 Å². The first-order valence-electron chi connectivity index (χ1n) is 10.2. The minimum atomic E-state index is -4.43. The third-order valence-corrected chi connectivity index (χ3v) is 4.34. The number of ether oxygens (including phenoxy) is 3. The summed E-state index contributed by atoms with van der Waals surface area (Å²) >= 11 is 0. The summed E-state index contributed by atoms with van der Waals surface area (Å²) in [6.07, 6.45) is -3.24. The van der Waals surface area contributed by atoms with Crippen LogP contribution in [0.15, 0.2) is 48.2 Å². The predicted molar refractivity (Wildman–Crippen MR) is 116 cm³/mol. The van der Waals surface area contributed by atoms with Gasteiger partial charge in [0.05, 0.1) is 30.9 Å². The van der Waals surface area contributed by atoms with Gasteiger partial charge in [-0.3, -0.25) is 4.79 Å². The van der Waals surface area contributed by atoms with Crippen LogP contribution in [0.5, 0.6) is 5.75 Å². The van der Waals surface area contributed by atoms with E-state index in [1.807, 2.05) is 0 Å². The van der Waals surface area contributed by atoms with Crippen molar-refractivity contribution in [2.75, 3.05) is 13.7 Å². The highest BCUT2D eigenvalue weighted by molar-refractivity contribution is 5.98. The minimum Gasteiger partial charge on any atom is -0.496 e. The Bertz CT molecular complexity index is 998. The highest BCUT2D eigenvalue weighted by atomic mass is 19.4. The fourth-order valence-corrected chi connectivity index (χ4v) is 2.83. The quantitative estimate of drug-likeness (QED) is 0.322. The highest BCUT2D eigenvalue weighted by Gasteiger charge is 2.29. The lowest BCUT2D eigenvalue weighted by molar-refractivity contribution is -0.143. The first-order valence-corrected chi connectivity index (χ1v) is 10.2. The van der Waals surface area contributed by atoms with Gasteiger partial charge in [0, 0.05) is 6.54 Å². The second-order valence-electron chi connectivity index (χ2n) is 7.23. The van der Waals surface area contributed by atoms with Crippen molar-refractivity contribution in [3.05, 3.63) is 70.5 Å². The van der Waals surface area contributed by atoms with Crippen LogP contribution in [-0.2, 0) is 27.0 Å². The summed E-state index contributed by atoms with van der Waals surface area (Å²) in [4.78, 5) is 24.9. The molecule has 33 heavy (non-hydrogen) atoms. The van der Waals surface area contributed by atoms with Crippen LogP contribution in [-0.4, -0.2) is 31.7 Å². The molecule has 6 nitrogen and oxygen atoms in total. The van der Waals surface area contributed by atoms with Gasteiger partial charge >= 0.3 is 12.1 Å². The minimum absolute atomic E-state index is 0.00636. The summed E-state index contributed by atoms with van der Waals surface area (Å²) in [6, 6.07) is 9.25. The van der Waals surface area contributed by atoms with Crippen molar-refractivity contribution in [3.63, 3.8) is 0 Å². The summed E-state index contributed by atoms with van der Waals surface area (Å²) in [5.74, 6) is -0.840. The molecule has 0 atom stereocenters. The van der Waals surface area contributed by atoms with Crippen molar-refractivity contribution in [2.45, 2.75) is 39.6 Å². The number of carbonyl (C=O) groups excluding carboxylic acids is 2. The van der Waals surface area contributed by atoms with Gasteiger partial charge in [-0.1, -0.05) is 18.2 Å². The molecule has 0 bridgehead atoms. The van der Waals surface area contributed by atoms with Gasteiger partial charge in [-0.25, -0.2) is 4.79 Å². The first kappa shape index (κ1) is 25.8. The zero-order valence-electron chi connectivity index (χ0n) is 18.8. The fourth-order valence-electron chi connectivity index (χ4n) is 2.83. The third-order valence-electron chi connectivity index (χ3n) is 4.34. The largest absolute Gasteiger partial charge is 0.496 e. The average molecular weight is 465 g/mol. The Kier molecular flexibility index (Phi) is 8.90. The maximum absolute atomic E-state index is 12.8. The van der Waals surface area contributed by atoms with Crippen molar-refractivity contribution >= 4 is 18.0 Å². The van der Waals surface area contributed by atoms with Crippen molar-refractivity contribution in [1.82, 2.24) is 5.32 Å². The lowest BCUT2D eigenvalue weighted by Gasteiger charge is -2.14. The molecule has 178 valence electrons. The molecular formula is C24H26F3NO5. The Morgan fingerprint density at radius 1 is 1.09 bits per heavy atom. The maximum atomic E-state index is 12.8. The number of alkyl halides is 3. The van der Waals surface area contributed by atoms with Crippen molar-refractivity contribution in [3.8, 4) is 5.75 Å². The molecule has 0 radical (unpaired) electrons. The van der Waals surface area contributed by atoms with Crippen LogP contribution in [0.3, 0.4) is 0 Å². The summed E-state index contributed by atoms with van der Waals surface area (Å²) in [6.45, 7) is 5.41. The molecule has 0 heterocycles. The van der Waals surface area contributed by atoms with E-state index in [0.717, 1.165) is 12.1 Å². The number of nitrogens with one attached hydrogen (secondary N) is 1. The number of carbonyl (C=O) groups is 2. The van der Waals surface area contributed by atoms with Gasteiger partial charge < -0.3 is 19.5 Å². The fraction of sp³-hybridized carbons (Fsp3) is 0.333. The van der Waals surface area contributed by atoms with Gasteiger partial charge in [0.2, 0.25) is 5.76 Å². The molecule has 0 unspecified atom stereocenters. The van der Waals surface area contributed by atoms with Crippen LogP contribution in [0.25, 0.3) is 6.08 Å². The van der Waals surface area contributed by atoms with E-state index in [1.54, 1.807) is 32.9 Å². The lowest BCUT2D eigenvalue weighted by Crippen LogP contribution is -2.23. The number of esters is 1. The van der Waals surface area contributed by atoms with E-state index in [1.165, 1.54) is 31.4 Å². The number of halogens is 3. The van der Waals surface area contributed by atoms with E-state index in [-0.39, 0.29) is 30.6 Å². The number of hydrogen-bond donors (Lipinski definition) is 1. The van der Waals surface area contributed by atoms with Crippen molar-refractivity contribution in [2.24, 2.45) is 0 Å². The molecule has 1 amide bonds. The predicted octanol–water partition coefficient (Wildman–Crippen LogP) is 4.97. The number of benzene rings is 2. The topological polar surface area (TPSA) is 73.9 Å². The monoisotopic (exact) mass is 465 g/mol. The van der Waals surface area contributed by atoms with E-state index in [9.17, 15) is 22.8 Å². The van der Waals surface area contributed by atoms with Gasteiger partial charge in [-0.2, -0.15) is 13.2 Å². The molecule has 0 aliphatic carbocycles. The third kappa shape index (κ3) is 7.55. The molecule has 1 N–H and O–H groups in total. The molecule has 0 spiro atoms. The molecule has 2 aromatic carbocycles. The van der Waals surface area contributed by atoms with Gasteiger partial charge in [0.1, 0.15) is 5.75 Å². The molecule has 0 saturated heterocycles. The Morgan fingerprint density at radius 3 is 2.30 bits per heavy atom. The van der Waals surface area contributed by atoms with Gasteiger partial charge in [-0.15, -0.1) is 0 Å². The highest BCUT2D eigenvalue weighted by Crippen LogP contribution is 2.29.